The Morgan fingerprint density at radius 3 is 2.02 bits per heavy atom. The first-order chi connectivity index (χ1) is 20.9. The zero-order valence-corrected chi connectivity index (χ0v) is 25.1. The molecule has 3 aromatic carbocycles. The van der Waals surface area contributed by atoms with Gasteiger partial charge in [-0.3, -0.25) is 4.79 Å². The molecule has 0 unspecified atom stereocenters. The van der Waals surface area contributed by atoms with Crippen molar-refractivity contribution in [1.82, 2.24) is 9.80 Å². The highest BCUT2D eigenvalue weighted by Gasteiger charge is 2.44. The Kier molecular flexibility index (Phi) is 9.56. The second kappa shape index (κ2) is 12.7. The Morgan fingerprint density at radius 1 is 0.889 bits per heavy atom. The summed E-state index contributed by atoms with van der Waals surface area (Å²) in [4.78, 5) is 29.7. The molecule has 0 spiro atoms. The molecule has 3 aromatic rings. The maximum absolute atomic E-state index is 14.1. The van der Waals surface area contributed by atoms with Crippen LogP contribution in [0.2, 0.25) is 0 Å². The van der Waals surface area contributed by atoms with E-state index < -0.39 is 58.7 Å². The number of piperidine rings is 1. The van der Waals surface area contributed by atoms with Crippen molar-refractivity contribution in [3.8, 4) is 0 Å². The van der Waals surface area contributed by atoms with Crippen LogP contribution in [-0.2, 0) is 34.0 Å². The highest BCUT2D eigenvalue weighted by atomic mass is 19.4. The first-order valence-corrected chi connectivity index (χ1v) is 14.2. The molecule has 242 valence electrons. The van der Waals surface area contributed by atoms with Gasteiger partial charge in [0.2, 0.25) is 5.91 Å². The van der Waals surface area contributed by atoms with E-state index in [9.17, 15) is 40.3 Å². The van der Waals surface area contributed by atoms with E-state index in [1.165, 1.54) is 44.0 Å². The summed E-state index contributed by atoms with van der Waals surface area (Å²) < 4.78 is 101. The number of carbonyl (C=O) groups is 2. The van der Waals surface area contributed by atoms with Crippen molar-refractivity contribution in [2.45, 2.75) is 57.6 Å². The van der Waals surface area contributed by atoms with Crippen LogP contribution in [0, 0.1) is 18.7 Å². The number of halogens is 7. The Balaban J connectivity index is 1.65. The van der Waals surface area contributed by atoms with Gasteiger partial charge < -0.3 is 14.5 Å². The number of hydrogen-bond acceptors (Lipinski definition) is 3. The van der Waals surface area contributed by atoms with Crippen molar-refractivity contribution >= 4 is 12.0 Å². The molecule has 2 atom stereocenters. The third-order valence-electron chi connectivity index (χ3n) is 8.49. The van der Waals surface area contributed by atoms with E-state index in [-0.39, 0.29) is 37.7 Å². The molecule has 0 aliphatic carbocycles. The van der Waals surface area contributed by atoms with E-state index in [1.54, 1.807) is 31.2 Å². The number of aryl methyl sites for hydroxylation is 1. The molecule has 0 aromatic heterocycles. The molecular formula is C33H33F7N2O3. The van der Waals surface area contributed by atoms with Gasteiger partial charge in [0, 0.05) is 32.0 Å². The van der Waals surface area contributed by atoms with Gasteiger partial charge in [-0.25, -0.2) is 9.18 Å². The number of carbonyl (C=O) groups excluding carboxylic acids is 2. The van der Waals surface area contributed by atoms with Gasteiger partial charge in [0.15, 0.2) is 0 Å². The maximum atomic E-state index is 14.1. The zero-order valence-electron chi connectivity index (χ0n) is 25.1. The van der Waals surface area contributed by atoms with Crippen LogP contribution in [0.25, 0.3) is 0 Å². The lowest BCUT2D eigenvalue weighted by Gasteiger charge is -2.43. The minimum atomic E-state index is -5.05. The Hall–Kier alpha value is -4.09. The molecule has 2 amide bonds. The van der Waals surface area contributed by atoms with Crippen molar-refractivity contribution < 1.29 is 45.1 Å². The highest BCUT2D eigenvalue weighted by Crippen LogP contribution is 2.42. The van der Waals surface area contributed by atoms with Crippen molar-refractivity contribution in [2.75, 3.05) is 20.1 Å². The number of alkyl halides is 6. The first-order valence-electron chi connectivity index (χ1n) is 14.2. The monoisotopic (exact) mass is 638 g/mol. The largest absolute Gasteiger partial charge is 0.445 e. The summed E-state index contributed by atoms with van der Waals surface area (Å²) in [5, 5.41) is 0. The topological polar surface area (TPSA) is 49.9 Å². The van der Waals surface area contributed by atoms with Gasteiger partial charge in [-0.2, -0.15) is 26.3 Å². The maximum Gasteiger partial charge on any atom is 0.416 e. The van der Waals surface area contributed by atoms with Crippen LogP contribution in [0.4, 0.5) is 35.5 Å². The molecule has 1 fully saturated rings. The first kappa shape index (κ1) is 33.8. The number of nitrogens with zero attached hydrogens (tertiary/aromatic N) is 2. The second-order valence-corrected chi connectivity index (χ2v) is 11.7. The molecule has 1 aliphatic heterocycles. The highest BCUT2D eigenvalue weighted by molar-refractivity contribution is 5.81. The van der Waals surface area contributed by atoms with Crippen LogP contribution in [0.5, 0.6) is 0 Å². The molecule has 0 radical (unpaired) electrons. The molecule has 1 aliphatic rings. The normalized spacial score (nSPS) is 17.6. The summed E-state index contributed by atoms with van der Waals surface area (Å²) >= 11 is 0. The Labute approximate surface area is 256 Å². The molecule has 5 nitrogen and oxygen atoms in total. The number of amides is 2. The third-order valence-corrected chi connectivity index (χ3v) is 8.49. The Bertz CT molecular complexity index is 1510. The van der Waals surface area contributed by atoms with E-state index in [0.29, 0.717) is 23.3 Å². The Morgan fingerprint density at radius 2 is 1.47 bits per heavy atom. The number of benzene rings is 3. The minimum Gasteiger partial charge on any atom is -0.445 e. The molecule has 1 saturated heterocycles. The lowest BCUT2D eigenvalue weighted by Crippen LogP contribution is -2.51. The van der Waals surface area contributed by atoms with Gasteiger partial charge >= 0.3 is 18.4 Å². The smallest absolute Gasteiger partial charge is 0.416 e. The quantitative estimate of drug-likeness (QED) is 0.255. The van der Waals surface area contributed by atoms with Gasteiger partial charge in [-0.05, 0) is 79.8 Å². The molecule has 0 saturated carbocycles. The van der Waals surface area contributed by atoms with Crippen LogP contribution < -0.4 is 0 Å². The lowest BCUT2D eigenvalue weighted by molar-refractivity contribution is -0.143. The van der Waals surface area contributed by atoms with E-state index >= 15 is 0 Å². The summed E-state index contributed by atoms with van der Waals surface area (Å²) in [6, 6.07) is 14.3. The number of rotatable bonds is 6. The summed E-state index contributed by atoms with van der Waals surface area (Å²) in [5.41, 5.74) is -3.04. The average Bonchev–Trinajstić information content (AvgIpc) is 2.98. The van der Waals surface area contributed by atoms with E-state index in [0.717, 1.165) is 10.5 Å². The molecule has 12 heteroatoms. The van der Waals surface area contributed by atoms with Crippen molar-refractivity contribution in [1.29, 1.82) is 0 Å². The van der Waals surface area contributed by atoms with Crippen LogP contribution in [0.15, 0.2) is 66.7 Å². The molecule has 1 heterocycles. The van der Waals surface area contributed by atoms with Gasteiger partial charge in [0.25, 0.3) is 0 Å². The fourth-order valence-electron chi connectivity index (χ4n) is 5.62. The predicted octanol–water partition coefficient (Wildman–Crippen LogP) is 8.31. The molecule has 45 heavy (non-hydrogen) atoms. The van der Waals surface area contributed by atoms with Gasteiger partial charge in [-0.15, -0.1) is 0 Å². The number of hydrogen-bond donors (Lipinski definition) is 0. The van der Waals surface area contributed by atoms with Gasteiger partial charge in [-0.1, -0.05) is 36.4 Å². The molecular weight excluding hydrogens is 605 g/mol. The zero-order chi connectivity index (χ0) is 33.3. The van der Waals surface area contributed by atoms with Gasteiger partial charge in [0.05, 0.1) is 16.7 Å². The summed E-state index contributed by atoms with van der Waals surface area (Å²) in [6.07, 6.45) is -10.6. The van der Waals surface area contributed by atoms with E-state index in [2.05, 4.69) is 0 Å². The summed E-state index contributed by atoms with van der Waals surface area (Å²) in [6.45, 7) is 4.54. The third kappa shape index (κ3) is 7.59. The standard InChI is InChI=1S/C33H33F7N2O3/c1-20-14-25(34)10-11-26(20)28-18-42(30(44)45-19-21-8-6-5-7-9-21)13-12-27(28)29(43)41(4)31(2,3)22-15-23(32(35,36)37)17-24(16-22)33(38,39)40/h5-11,14-17,27-28H,12-13,18-19H2,1-4H3/t27-,28+/m0/s1. The van der Waals surface area contributed by atoms with Crippen LogP contribution in [-0.4, -0.2) is 41.9 Å². The fraction of sp³-hybridized carbons (Fsp3) is 0.394. The minimum absolute atomic E-state index is 0.0204. The molecule has 0 bridgehead atoms. The van der Waals surface area contributed by atoms with E-state index in [4.69, 9.17) is 4.74 Å². The number of ether oxygens (including phenoxy) is 1. The molecule has 0 N–H and O–H groups in total. The fourth-order valence-corrected chi connectivity index (χ4v) is 5.62. The summed E-state index contributed by atoms with van der Waals surface area (Å²) in [7, 11) is 1.32. The predicted molar refractivity (Wildman–Crippen MR) is 152 cm³/mol. The molecule has 4 rings (SSSR count). The second-order valence-electron chi connectivity index (χ2n) is 11.7. The lowest BCUT2D eigenvalue weighted by atomic mass is 9.77. The van der Waals surface area contributed by atoms with Gasteiger partial charge in [0.1, 0.15) is 12.4 Å². The van der Waals surface area contributed by atoms with Crippen molar-refractivity contribution in [3.63, 3.8) is 0 Å². The number of likely N-dealkylation sites (tertiary alicyclic amines) is 1. The van der Waals surface area contributed by atoms with Crippen LogP contribution in [0.1, 0.15) is 59.6 Å². The van der Waals surface area contributed by atoms with Crippen LogP contribution in [0.3, 0.4) is 0 Å². The SMILES string of the molecule is Cc1cc(F)ccc1[C@H]1CN(C(=O)OCc2ccccc2)CC[C@@H]1C(=O)N(C)C(C)(C)c1cc(C(F)(F)F)cc(C(F)(F)F)c1. The summed E-state index contributed by atoms with van der Waals surface area (Å²) in [5.74, 6) is -2.54. The van der Waals surface area contributed by atoms with Crippen molar-refractivity contribution in [3.05, 3.63) is 106 Å². The average molecular weight is 639 g/mol. The van der Waals surface area contributed by atoms with E-state index in [1.807, 2.05) is 6.07 Å². The van der Waals surface area contributed by atoms with Crippen LogP contribution >= 0.6 is 0 Å². The van der Waals surface area contributed by atoms with Crippen molar-refractivity contribution in [2.24, 2.45) is 5.92 Å².